The standard InChI is InChI=1S/C9H16N4S/c10-4-7-2-1-3-13(7)6-8-5-12-9(11)14-8/h5,7H,1-4,6,10H2,(H2,11,12). The molecule has 1 aromatic heterocycles. The zero-order chi connectivity index (χ0) is 9.97. The minimum absolute atomic E-state index is 0.554. The number of rotatable bonds is 3. The van der Waals surface area contributed by atoms with Crippen molar-refractivity contribution < 1.29 is 0 Å². The Morgan fingerprint density at radius 2 is 2.50 bits per heavy atom. The highest BCUT2D eigenvalue weighted by molar-refractivity contribution is 7.15. The molecule has 0 aromatic carbocycles. The maximum absolute atomic E-state index is 5.70. The van der Waals surface area contributed by atoms with Gasteiger partial charge in [-0.1, -0.05) is 0 Å². The summed E-state index contributed by atoms with van der Waals surface area (Å²) in [5, 5.41) is 0.656. The molecule has 1 aliphatic rings. The van der Waals surface area contributed by atoms with E-state index < -0.39 is 0 Å². The Hall–Kier alpha value is -0.650. The molecule has 0 saturated carbocycles. The van der Waals surface area contributed by atoms with Crippen LogP contribution in [0.3, 0.4) is 0 Å². The van der Waals surface area contributed by atoms with E-state index in [2.05, 4.69) is 9.88 Å². The fourth-order valence-electron chi connectivity index (χ4n) is 1.97. The Labute approximate surface area is 87.9 Å². The summed E-state index contributed by atoms with van der Waals surface area (Å²) >= 11 is 1.57. The van der Waals surface area contributed by atoms with Gasteiger partial charge in [0.05, 0.1) is 0 Å². The maximum Gasteiger partial charge on any atom is 0.180 e. The van der Waals surface area contributed by atoms with Gasteiger partial charge < -0.3 is 11.5 Å². The van der Waals surface area contributed by atoms with Crippen molar-refractivity contribution in [1.82, 2.24) is 9.88 Å². The molecule has 5 heteroatoms. The van der Waals surface area contributed by atoms with E-state index in [1.165, 1.54) is 17.7 Å². The van der Waals surface area contributed by atoms with E-state index in [-0.39, 0.29) is 0 Å². The third-order valence-electron chi connectivity index (χ3n) is 2.70. The summed E-state index contributed by atoms with van der Waals surface area (Å²) in [6, 6.07) is 0.554. The molecular weight excluding hydrogens is 196 g/mol. The van der Waals surface area contributed by atoms with Crippen LogP contribution in [0, 0.1) is 0 Å². The first-order valence-electron chi connectivity index (χ1n) is 4.94. The number of hydrogen-bond donors (Lipinski definition) is 2. The molecular formula is C9H16N4S. The lowest BCUT2D eigenvalue weighted by Gasteiger charge is -2.21. The third kappa shape index (κ3) is 2.05. The number of aromatic nitrogens is 1. The van der Waals surface area contributed by atoms with E-state index in [9.17, 15) is 0 Å². The summed E-state index contributed by atoms with van der Waals surface area (Å²) in [5.74, 6) is 0. The lowest BCUT2D eigenvalue weighted by molar-refractivity contribution is 0.252. The topological polar surface area (TPSA) is 68.2 Å². The summed E-state index contributed by atoms with van der Waals surface area (Å²) < 4.78 is 0. The first-order valence-corrected chi connectivity index (χ1v) is 5.75. The molecule has 4 nitrogen and oxygen atoms in total. The van der Waals surface area contributed by atoms with Crippen molar-refractivity contribution in [3.05, 3.63) is 11.1 Å². The number of nitrogens with zero attached hydrogens (tertiary/aromatic N) is 2. The molecule has 0 amide bonds. The zero-order valence-electron chi connectivity index (χ0n) is 8.15. The van der Waals surface area contributed by atoms with Crippen LogP contribution in [0.15, 0.2) is 6.20 Å². The van der Waals surface area contributed by atoms with Gasteiger partial charge in [-0.15, -0.1) is 11.3 Å². The smallest absolute Gasteiger partial charge is 0.180 e. The summed E-state index contributed by atoms with van der Waals surface area (Å²) in [6.07, 6.45) is 4.35. The maximum atomic E-state index is 5.70. The molecule has 0 bridgehead atoms. The van der Waals surface area contributed by atoms with Crippen molar-refractivity contribution in [2.24, 2.45) is 5.73 Å². The summed E-state index contributed by atoms with van der Waals surface area (Å²) in [7, 11) is 0. The first-order chi connectivity index (χ1) is 6.79. The second kappa shape index (κ2) is 4.25. The minimum atomic E-state index is 0.554. The fraction of sp³-hybridized carbons (Fsp3) is 0.667. The number of nitrogens with two attached hydrogens (primary N) is 2. The SMILES string of the molecule is NCC1CCCN1Cc1cnc(N)s1. The Morgan fingerprint density at radius 3 is 3.14 bits per heavy atom. The van der Waals surface area contributed by atoms with Gasteiger partial charge in [0.25, 0.3) is 0 Å². The van der Waals surface area contributed by atoms with Crippen LogP contribution in [0.5, 0.6) is 0 Å². The highest BCUT2D eigenvalue weighted by Gasteiger charge is 2.23. The van der Waals surface area contributed by atoms with Gasteiger partial charge in [-0.05, 0) is 19.4 Å². The van der Waals surface area contributed by atoms with Crippen LogP contribution in [-0.4, -0.2) is 29.0 Å². The molecule has 1 unspecified atom stereocenters. The van der Waals surface area contributed by atoms with Crippen LogP contribution in [0.1, 0.15) is 17.7 Å². The molecule has 1 aromatic rings. The monoisotopic (exact) mass is 212 g/mol. The van der Waals surface area contributed by atoms with Gasteiger partial charge >= 0.3 is 0 Å². The Balaban J connectivity index is 1.96. The predicted molar refractivity (Wildman–Crippen MR) is 59.0 cm³/mol. The number of likely N-dealkylation sites (tertiary alicyclic amines) is 1. The quantitative estimate of drug-likeness (QED) is 0.772. The van der Waals surface area contributed by atoms with E-state index in [1.807, 2.05) is 6.20 Å². The van der Waals surface area contributed by atoms with Crippen molar-refractivity contribution in [3.63, 3.8) is 0 Å². The highest BCUT2D eigenvalue weighted by atomic mass is 32.1. The number of nitrogen functional groups attached to an aromatic ring is 1. The van der Waals surface area contributed by atoms with Crippen molar-refractivity contribution in [3.8, 4) is 0 Å². The van der Waals surface area contributed by atoms with E-state index in [4.69, 9.17) is 11.5 Å². The molecule has 0 radical (unpaired) electrons. The van der Waals surface area contributed by atoms with Crippen LogP contribution in [0.4, 0.5) is 5.13 Å². The largest absolute Gasteiger partial charge is 0.375 e. The predicted octanol–water partition coefficient (Wildman–Crippen LogP) is 0.648. The summed E-state index contributed by atoms with van der Waals surface area (Å²) in [6.45, 7) is 2.87. The molecule has 0 aliphatic carbocycles. The molecule has 0 spiro atoms. The second-order valence-electron chi connectivity index (χ2n) is 3.67. The van der Waals surface area contributed by atoms with Crippen molar-refractivity contribution in [1.29, 1.82) is 0 Å². The molecule has 1 fully saturated rings. The van der Waals surface area contributed by atoms with Gasteiger partial charge in [0.15, 0.2) is 5.13 Å². The van der Waals surface area contributed by atoms with Crippen LogP contribution in [-0.2, 0) is 6.54 Å². The average Bonchev–Trinajstić information content (AvgIpc) is 2.76. The Bertz CT molecular complexity index is 299. The third-order valence-corrected chi connectivity index (χ3v) is 3.51. The summed E-state index contributed by atoms with van der Waals surface area (Å²) in [4.78, 5) is 7.71. The zero-order valence-corrected chi connectivity index (χ0v) is 8.96. The van der Waals surface area contributed by atoms with Gasteiger partial charge in [-0.2, -0.15) is 0 Å². The van der Waals surface area contributed by atoms with Gasteiger partial charge in [0, 0.05) is 30.2 Å². The molecule has 2 heterocycles. The lowest BCUT2D eigenvalue weighted by atomic mass is 10.2. The minimum Gasteiger partial charge on any atom is -0.375 e. The van der Waals surface area contributed by atoms with Crippen LogP contribution in [0.2, 0.25) is 0 Å². The van der Waals surface area contributed by atoms with E-state index >= 15 is 0 Å². The first kappa shape index (κ1) is 9.89. The van der Waals surface area contributed by atoms with Gasteiger partial charge in [-0.25, -0.2) is 4.98 Å². The molecule has 2 rings (SSSR count). The van der Waals surface area contributed by atoms with E-state index in [0.29, 0.717) is 11.2 Å². The number of hydrogen-bond acceptors (Lipinski definition) is 5. The normalized spacial score (nSPS) is 23.1. The highest BCUT2D eigenvalue weighted by Crippen LogP contribution is 2.22. The van der Waals surface area contributed by atoms with Crippen LogP contribution in [0.25, 0.3) is 0 Å². The molecule has 4 N–H and O–H groups in total. The van der Waals surface area contributed by atoms with E-state index in [0.717, 1.165) is 19.6 Å². The lowest BCUT2D eigenvalue weighted by Crippen LogP contribution is -2.34. The molecule has 1 atom stereocenters. The molecule has 78 valence electrons. The van der Waals surface area contributed by atoms with Crippen molar-refractivity contribution >= 4 is 16.5 Å². The van der Waals surface area contributed by atoms with Crippen molar-refractivity contribution in [2.75, 3.05) is 18.8 Å². The average molecular weight is 212 g/mol. The van der Waals surface area contributed by atoms with Crippen LogP contribution >= 0.6 is 11.3 Å². The Kier molecular flexibility index (Phi) is 3.00. The van der Waals surface area contributed by atoms with Gasteiger partial charge in [-0.3, -0.25) is 4.90 Å². The van der Waals surface area contributed by atoms with Gasteiger partial charge in [0.2, 0.25) is 0 Å². The van der Waals surface area contributed by atoms with Gasteiger partial charge in [0.1, 0.15) is 0 Å². The van der Waals surface area contributed by atoms with Crippen LogP contribution < -0.4 is 11.5 Å². The molecule has 1 saturated heterocycles. The fourth-order valence-corrected chi connectivity index (χ4v) is 2.68. The molecule has 14 heavy (non-hydrogen) atoms. The van der Waals surface area contributed by atoms with Crippen molar-refractivity contribution in [2.45, 2.75) is 25.4 Å². The Morgan fingerprint density at radius 1 is 1.64 bits per heavy atom. The van der Waals surface area contributed by atoms with E-state index in [1.54, 1.807) is 11.3 Å². The summed E-state index contributed by atoms with van der Waals surface area (Å²) in [5.41, 5.74) is 11.3. The number of anilines is 1. The second-order valence-corrected chi connectivity index (χ2v) is 4.81. The molecule has 1 aliphatic heterocycles. The number of thiazole rings is 1.